The van der Waals surface area contributed by atoms with E-state index in [0.29, 0.717) is 16.9 Å². The van der Waals surface area contributed by atoms with Gasteiger partial charge in [0.2, 0.25) is 0 Å². The topological polar surface area (TPSA) is 96.0 Å². The summed E-state index contributed by atoms with van der Waals surface area (Å²) in [6.07, 6.45) is 0. The number of nitriles is 1. The van der Waals surface area contributed by atoms with Gasteiger partial charge in [0.15, 0.2) is 0 Å². The van der Waals surface area contributed by atoms with Crippen LogP contribution in [0.25, 0.3) is 0 Å². The van der Waals surface area contributed by atoms with E-state index >= 15 is 0 Å². The third-order valence-electron chi connectivity index (χ3n) is 2.84. The minimum Gasteiger partial charge on any atom is -0.397 e. The molecule has 2 aromatic carbocycles. The molecular formula is C14H12BrN3O2S. The molecule has 108 valence electrons. The number of sulfonamides is 1. The number of halogens is 1. The van der Waals surface area contributed by atoms with E-state index in [1.807, 2.05) is 6.07 Å². The van der Waals surface area contributed by atoms with Crippen LogP contribution in [0.2, 0.25) is 0 Å². The molecule has 0 spiro atoms. The van der Waals surface area contributed by atoms with Crippen LogP contribution in [0.5, 0.6) is 0 Å². The molecule has 0 amide bonds. The SMILES string of the molecule is Cc1cc(Br)cc(N)c1NS(=O)(=O)c1cccc(C#N)c1. The van der Waals surface area contributed by atoms with Crippen LogP contribution in [-0.2, 0) is 10.0 Å². The van der Waals surface area contributed by atoms with Crippen molar-refractivity contribution >= 4 is 37.3 Å². The molecule has 0 unspecified atom stereocenters. The maximum absolute atomic E-state index is 12.4. The number of rotatable bonds is 3. The quantitative estimate of drug-likeness (QED) is 0.817. The Balaban J connectivity index is 2.45. The van der Waals surface area contributed by atoms with Crippen molar-refractivity contribution in [2.45, 2.75) is 11.8 Å². The highest BCUT2D eigenvalue weighted by atomic mass is 79.9. The van der Waals surface area contributed by atoms with Gasteiger partial charge in [0, 0.05) is 4.47 Å². The lowest BCUT2D eigenvalue weighted by atomic mass is 10.2. The number of aryl methyl sites for hydroxylation is 1. The second-order valence-corrected chi connectivity index (χ2v) is 7.03. The van der Waals surface area contributed by atoms with Gasteiger partial charge in [0.25, 0.3) is 10.0 Å². The number of nitrogens with two attached hydrogens (primary N) is 1. The Morgan fingerprint density at radius 1 is 1.29 bits per heavy atom. The molecule has 0 bridgehead atoms. The Morgan fingerprint density at radius 2 is 2.00 bits per heavy atom. The average Bonchev–Trinajstić information content (AvgIpc) is 2.43. The summed E-state index contributed by atoms with van der Waals surface area (Å²) in [7, 11) is -3.80. The van der Waals surface area contributed by atoms with Crippen LogP contribution in [0.3, 0.4) is 0 Å². The number of hydrogen-bond acceptors (Lipinski definition) is 4. The summed E-state index contributed by atoms with van der Waals surface area (Å²) in [4.78, 5) is 0.0169. The van der Waals surface area contributed by atoms with Crippen molar-refractivity contribution in [2.24, 2.45) is 0 Å². The van der Waals surface area contributed by atoms with Crippen LogP contribution in [-0.4, -0.2) is 8.42 Å². The monoisotopic (exact) mass is 365 g/mol. The molecule has 0 aliphatic carbocycles. The van der Waals surface area contributed by atoms with Gasteiger partial charge < -0.3 is 5.73 Å². The molecule has 0 radical (unpaired) electrons. The fourth-order valence-corrected chi connectivity index (χ4v) is 3.63. The predicted octanol–water partition coefficient (Wildman–Crippen LogP) is 3.01. The largest absolute Gasteiger partial charge is 0.397 e. The number of hydrogen-bond donors (Lipinski definition) is 2. The van der Waals surface area contributed by atoms with Gasteiger partial charge in [-0.3, -0.25) is 4.72 Å². The van der Waals surface area contributed by atoms with Crippen molar-refractivity contribution in [1.82, 2.24) is 0 Å². The first-order valence-corrected chi connectivity index (χ1v) is 8.20. The summed E-state index contributed by atoms with van der Waals surface area (Å²) in [6.45, 7) is 1.75. The lowest BCUT2D eigenvalue weighted by molar-refractivity contribution is 0.601. The highest BCUT2D eigenvalue weighted by Gasteiger charge is 2.17. The Hall–Kier alpha value is -2.04. The van der Waals surface area contributed by atoms with Gasteiger partial charge in [-0.1, -0.05) is 22.0 Å². The molecule has 0 saturated heterocycles. The Morgan fingerprint density at radius 3 is 2.62 bits per heavy atom. The summed E-state index contributed by atoms with van der Waals surface area (Å²) >= 11 is 3.30. The first-order valence-electron chi connectivity index (χ1n) is 5.92. The van der Waals surface area contributed by atoms with Crippen LogP contribution in [0.15, 0.2) is 45.8 Å². The normalized spacial score (nSPS) is 10.9. The average molecular weight is 366 g/mol. The second-order valence-electron chi connectivity index (χ2n) is 4.43. The molecule has 2 aromatic rings. The highest BCUT2D eigenvalue weighted by Crippen LogP contribution is 2.29. The molecule has 21 heavy (non-hydrogen) atoms. The maximum Gasteiger partial charge on any atom is 0.262 e. The number of benzene rings is 2. The first-order chi connectivity index (χ1) is 9.83. The van der Waals surface area contributed by atoms with Crippen LogP contribution < -0.4 is 10.5 Å². The zero-order valence-corrected chi connectivity index (χ0v) is 13.5. The predicted molar refractivity (Wildman–Crippen MR) is 85.3 cm³/mol. The fourth-order valence-electron chi connectivity index (χ4n) is 1.83. The van der Waals surface area contributed by atoms with Crippen molar-refractivity contribution in [3.63, 3.8) is 0 Å². The molecule has 0 fully saturated rings. The first kappa shape index (κ1) is 15.4. The van der Waals surface area contributed by atoms with Crippen molar-refractivity contribution in [3.05, 3.63) is 52.0 Å². The number of anilines is 2. The second kappa shape index (κ2) is 5.76. The van der Waals surface area contributed by atoms with Gasteiger partial charge in [-0.25, -0.2) is 8.42 Å². The summed E-state index contributed by atoms with van der Waals surface area (Å²) in [5.41, 5.74) is 7.48. The Labute approximate surface area is 131 Å². The minimum atomic E-state index is -3.80. The van der Waals surface area contributed by atoms with Crippen LogP contribution in [0, 0.1) is 18.3 Å². The van der Waals surface area contributed by atoms with E-state index in [1.54, 1.807) is 19.1 Å². The molecule has 0 atom stereocenters. The van der Waals surface area contributed by atoms with Gasteiger partial charge in [-0.05, 0) is 42.8 Å². The van der Waals surface area contributed by atoms with Crippen LogP contribution >= 0.6 is 15.9 Å². The summed E-state index contributed by atoms with van der Waals surface area (Å²) in [5, 5.41) is 8.85. The lowest BCUT2D eigenvalue weighted by Crippen LogP contribution is -2.15. The Bertz CT molecular complexity index is 819. The molecule has 2 rings (SSSR count). The molecule has 0 saturated carbocycles. The molecule has 0 aliphatic rings. The van der Waals surface area contributed by atoms with Gasteiger partial charge in [0.05, 0.1) is 27.9 Å². The standard InChI is InChI=1S/C14H12BrN3O2S/c1-9-5-11(15)7-13(17)14(9)18-21(19,20)12-4-2-3-10(6-12)8-16/h2-7,18H,17H2,1H3. The smallest absolute Gasteiger partial charge is 0.262 e. The van der Waals surface area contributed by atoms with E-state index in [9.17, 15) is 8.42 Å². The van der Waals surface area contributed by atoms with E-state index in [2.05, 4.69) is 20.7 Å². The van der Waals surface area contributed by atoms with Gasteiger partial charge in [0.1, 0.15) is 0 Å². The van der Waals surface area contributed by atoms with Crippen molar-refractivity contribution in [3.8, 4) is 6.07 Å². The zero-order chi connectivity index (χ0) is 15.6. The molecule has 0 heterocycles. The third kappa shape index (κ3) is 3.35. The summed E-state index contributed by atoms with van der Waals surface area (Å²) in [6, 6.07) is 11.1. The summed E-state index contributed by atoms with van der Waals surface area (Å²) in [5.74, 6) is 0. The number of nitrogen functional groups attached to an aromatic ring is 1. The van der Waals surface area contributed by atoms with Gasteiger partial charge in [-0.15, -0.1) is 0 Å². The van der Waals surface area contributed by atoms with Crippen LogP contribution in [0.4, 0.5) is 11.4 Å². The molecule has 5 nitrogen and oxygen atoms in total. The molecular weight excluding hydrogens is 354 g/mol. The van der Waals surface area contributed by atoms with E-state index in [0.717, 1.165) is 4.47 Å². The zero-order valence-electron chi connectivity index (χ0n) is 11.1. The van der Waals surface area contributed by atoms with Crippen molar-refractivity contribution in [2.75, 3.05) is 10.5 Å². The lowest BCUT2D eigenvalue weighted by Gasteiger charge is -2.13. The van der Waals surface area contributed by atoms with E-state index < -0.39 is 10.0 Å². The summed E-state index contributed by atoms with van der Waals surface area (Å²) < 4.78 is 28.0. The molecule has 7 heteroatoms. The molecule has 0 aromatic heterocycles. The highest BCUT2D eigenvalue weighted by molar-refractivity contribution is 9.10. The maximum atomic E-state index is 12.4. The van der Waals surface area contributed by atoms with E-state index in [4.69, 9.17) is 11.0 Å². The van der Waals surface area contributed by atoms with Crippen molar-refractivity contribution < 1.29 is 8.42 Å². The number of nitrogens with zero attached hydrogens (tertiary/aromatic N) is 1. The minimum absolute atomic E-state index is 0.0169. The number of nitrogens with one attached hydrogen (secondary N) is 1. The van der Waals surface area contributed by atoms with E-state index in [-0.39, 0.29) is 10.5 Å². The Kier molecular flexibility index (Phi) is 4.21. The molecule has 3 N–H and O–H groups in total. The van der Waals surface area contributed by atoms with Crippen molar-refractivity contribution in [1.29, 1.82) is 5.26 Å². The fraction of sp³-hybridized carbons (Fsp3) is 0.0714. The van der Waals surface area contributed by atoms with Gasteiger partial charge in [-0.2, -0.15) is 5.26 Å². The third-order valence-corrected chi connectivity index (χ3v) is 4.65. The van der Waals surface area contributed by atoms with E-state index in [1.165, 1.54) is 24.3 Å². The molecule has 0 aliphatic heterocycles. The van der Waals surface area contributed by atoms with Gasteiger partial charge >= 0.3 is 0 Å². The van der Waals surface area contributed by atoms with Crippen LogP contribution in [0.1, 0.15) is 11.1 Å².